The summed E-state index contributed by atoms with van der Waals surface area (Å²) in [7, 11) is 0. The molecule has 3 aromatic rings. The summed E-state index contributed by atoms with van der Waals surface area (Å²) in [4.78, 5) is 29.1. The number of urea groups is 1. The summed E-state index contributed by atoms with van der Waals surface area (Å²) in [6.45, 7) is 5.17. The molecule has 3 aliphatic rings. The number of carbonyl (C=O) groups is 1. The number of fused-ring (bicyclic) bond motifs is 3. The van der Waals surface area contributed by atoms with Crippen molar-refractivity contribution in [3.8, 4) is 11.3 Å². The fourth-order valence-corrected chi connectivity index (χ4v) is 5.61. The SMILES string of the molecule is O=C(N1CCOCC1)N1C2CCC1CN(Cc1c(-c3ccc(Cl)cc3)nc3ncccn13)C2. The van der Waals surface area contributed by atoms with Crippen LogP contribution in [0.15, 0.2) is 42.7 Å². The summed E-state index contributed by atoms with van der Waals surface area (Å²) in [5, 5.41) is 0.708. The van der Waals surface area contributed by atoms with Gasteiger partial charge in [-0.15, -0.1) is 0 Å². The van der Waals surface area contributed by atoms with E-state index in [0.29, 0.717) is 37.1 Å². The number of hydrogen-bond acceptors (Lipinski definition) is 5. The van der Waals surface area contributed by atoms with E-state index in [1.807, 2.05) is 41.4 Å². The highest BCUT2D eigenvalue weighted by molar-refractivity contribution is 6.30. The average Bonchev–Trinajstić information content (AvgIpc) is 3.34. The Labute approximate surface area is 197 Å². The van der Waals surface area contributed by atoms with Crippen molar-refractivity contribution in [3.05, 3.63) is 53.4 Å². The Morgan fingerprint density at radius 2 is 1.82 bits per heavy atom. The number of carbonyl (C=O) groups excluding carboxylic acids is 1. The molecular weight excluding hydrogens is 440 g/mol. The standard InChI is InChI=1S/C24H27ClN6O2/c25-18-4-2-17(3-5-18)22-21(30-9-1-8-26-23(30)27-22)16-28-14-19-6-7-20(15-28)31(19)24(32)29-10-12-33-13-11-29/h1-5,8-9,19-20H,6-7,10-16H2. The van der Waals surface area contributed by atoms with Crippen molar-refractivity contribution in [2.24, 2.45) is 0 Å². The maximum atomic E-state index is 13.2. The van der Waals surface area contributed by atoms with Crippen LogP contribution >= 0.6 is 11.6 Å². The van der Waals surface area contributed by atoms with Crippen LogP contribution in [0.1, 0.15) is 18.5 Å². The molecule has 0 N–H and O–H groups in total. The molecule has 2 bridgehead atoms. The smallest absolute Gasteiger partial charge is 0.320 e. The molecule has 0 radical (unpaired) electrons. The monoisotopic (exact) mass is 466 g/mol. The lowest BCUT2D eigenvalue weighted by molar-refractivity contribution is 0.0235. The molecule has 0 saturated carbocycles. The van der Waals surface area contributed by atoms with Gasteiger partial charge in [0.25, 0.3) is 0 Å². The summed E-state index contributed by atoms with van der Waals surface area (Å²) in [5.41, 5.74) is 3.08. The van der Waals surface area contributed by atoms with Crippen LogP contribution in [0.2, 0.25) is 5.02 Å². The predicted octanol–water partition coefficient (Wildman–Crippen LogP) is 3.15. The van der Waals surface area contributed by atoms with E-state index in [1.54, 1.807) is 6.20 Å². The zero-order chi connectivity index (χ0) is 22.4. The van der Waals surface area contributed by atoms with Gasteiger partial charge in [-0.2, -0.15) is 0 Å². The van der Waals surface area contributed by atoms with Crippen molar-refractivity contribution in [2.45, 2.75) is 31.5 Å². The van der Waals surface area contributed by atoms with Gasteiger partial charge in [-0.3, -0.25) is 9.30 Å². The van der Waals surface area contributed by atoms with E-state index < -0.39 is 0 Å². The van der Waals surface area contributed by atoms with Gasteiger partial charge in [0, 0.05) is 67.8 Å². The van der Waals surface area contributed by atoms with Gasteiger partial charge < -0.3 is 14.5 Å². The van der Waals surface area contributed by atoms with E-state index >= 15 is 0 Å². The van der Waals surface area contributed by atoms with Gasteiger partial charge in [-0.25, -0.2) is 14.8 Å². The molecule has 2 atom stereocenters. The molecule has 2 aromatic heterocycles. The molecule has 3 saturated heterocycles. The van der Waals surface area contributed by atoms with Gasteiger partial charge in [0.2, 0.25) is 5.78 Å². The minimum atomic E-state index is 0.186. The van der Waals surface area contributed by atoms with E-state index in [4.69, 9.17) is 21.3 Å². The van der Waals surface area contributed by atoms with Crippen LogP contribution < -0.4 is 0 Å². The quantitative estimate of drug-likeness (QED) is 0.593. The Hall–Kier alpha value is -2.68. The maximum Gasteiger partial charge on any atom is 0.320 e. The molecule has 6 rings (SSSR count). The van der Waals surface area contributed by atoms with Gasteiger partial charge >= 0.3 is 6.03 Å². The lowest BCUT2D eigenvalue weighted by atomic mass is 10.1. The Morgan fingerprint density at radius 3 is 2.55 bits per heavy atom. The zero-order valence-electron chi connectivity index (χ0n) is 18.4. The molecular formula is C24H27ClN6O2. The van der Waals surface area contributed by atoms with E-state index in [1.165, 1.54) is 0 Å². The molecule has 3 aliphatic heterocycles. The molecule has 33 heavy (non-hydrogen) atoms. The molecule has 2 unspecified atom stereocenters. The van der Waals surface area contributed by atoms with E-state index in [0.717, 1.165) is 49.4 Å². The van der Waals surface area contributed by atoms with Gasteiger partial charge in [0.05, 0.1) is 24.6 Å². The van der Waals surface area contributed by atoms with Crippen molar-refractivity contribution in [3.63, 3.8) is 0 Å². The molecule has 5 heterocycles. The highest BCUT2D eigenvalue weighted by atomic mass is 35.5. The Balaban J connectivity index is 1.25. The van der Waals surface area contributed by atoms with Crippen LogP contribution in [-0.4, -0.2) is 86.6 Å². The third-order valence-corrected chi connectivity index (χ3v) is 7.31. The number of halogens is 1. The number of benzene rings is 1. The molecule has 0 spiro atoms. The number of rotatable bonds is 3. The van der Waals surface area contributed by atoms with Crippen LogP contribution in [-0.2, 0) is 11.3 Å². The third kappa shape index (κ3) is 3.86. The number of amides is 2. The first kappa shape index (κ1) is 20.9. The van der Waals surface area contributed by atoms with Crippen LogP contribution in [0.5, 0.6) is 0 Å². The fraction of sp³-hybridized carbons (Fsp3) is 0.458. The van der Waals surface area contributed by atoms with Crippen LogP contribution in [0, 0.1) is 0 Å². The normalized spacial score (nSPS) is 23.4. The minimum absolute atomic E-state index is 0.186. The lowest BCUT2D eigenvalue weighted by Gasteiger charge is -2.43. The van der Waals surface area contributed by atoms with Gasteiger partial charge in [0.15, 0.2) is 0 Å². The van der Waals surface area contributed by atoms with Gasteiger partial charge in [-0.1, -0.05) is 23.7 Å². The van der Waals surface area contributed by atoms with E-state index in [9.17, 15) is 4.79 Å². The fourth-order valence-electron chi connectivity index (χ4n) is 5.49. The summed E-state index contributed by atoms with van der Waals surface area (Å²) in [5.74, 6) is 0.696. The Kier molecular flexibility index (Phi) is 5.44. The van der Waals surface area contributed by atoms with Crippen LogP contribution in [0.4, 0.5) is 4.79 Å². The molecule has 9 heteroatoms. The van der Waals surface area contributed by atoms with E-state index in [-0.39, 0.29) is 18.1 Å². The Bertz CT molecular complexity index is 1150. The van der Waals surface area contributed by atoms with Gasteiger partial charge in [-0.05, 0) is 31.0 Å². The van der Waals surface area contributed by atoms with Gasteiger partial charge in [0.1, 0.15) is 0 Å². The first-order valence-corrected chi connectivity index (χ1v) is 12.0. The lowest BCUT2D eigenvalue weighted by Crippen LogP contribution is -2.59. The average molecular weight is 467 g/mol. The molecule has 3 fully saturated rings. The second-order valence-electron chi connectivity index (χ2n) is 9.07. The second-order valence-corrected chi connectivity index (χ2v) is 9.51. The number of hydrogen-bond donors (Lipinski definition) is 0. The zero-order valence-corrected chi connectivity index (χ0v) is 19.2. The van der Waals surface area contributed by atoms with Crippen LogP contribution in [0.3, 0.4) is 0 Å². The number of morpholine rings is 1. The van der Waals surface area contributed by atoms with E-state index in [2.05, 4.69) is 19.2 Å². The van der Waals surface area contributed by atoms with Crippen molar-refractivity contribution in [1.82, 2.24) is 29.1 Å². The molecule has 0 aliphatic carbocycles. The molecule has 8 nitrogen and oxygen atoms in total. The number of ether oxygens (including phenoxy) is 1. The highest BCUT2D eigenvalue weighted by Crippen LogP contribution is 2.33. The third-order valence-electron chi connectivity index (χ3n) is 7.05. The number of nitrogens with zero attached hydrogens (tertiary/aromatic N) is 6. The summed E-state index contributed by atoms with van der Waals surface area (Å²) in [6, 6.07) is 10.5. The minimum Gasteiger partial charge on any atom is -0.378 e. The van der Waals surface area contributed by atoms with Crippen molar-refractivity contribution < 1.29 is 9.53 Å². The molecule has 172 valence electrons. The van der Waals surface area contributed by atoms with Crippen molar-refractivity contribution >= 4 is 23.4 Å². The Morgan fingerprint density at radius 1 is 1.09 bits per heavy atom. The first-order chi connectivity index (χ1) is 16.2. The number of imidazole rings is 1. The molecule has 2 amide bonds. The second kappa shape index (κ2) is 8.59. The maximum absolute atomic E-state index is 13.2. The number of aromatic nitrogens is 3. The molecule has 1 aromatic carbocycles. The topological polar surface area (TPSA) is 66.2 Å². The van der Waals surface area contributed by atoms with Crippen molar-refractivity contribution in [2.75, 3.05) is 39.4 Å². The predicted molar refractivity (Wildman–Crippen MR) is 125 cm³/mol. The number of likely N-dealkylation sites (tertiary alicyclic amines) is 1. The highest BCUT2D eigenvalue weighted by Gasteiger charge is 2.44. The number of piperazine rings is 1. The summed E-state index contributed by atoms with van der Waals surface area (Å²) < 4.78 is 7.51. The summed E-state index contributed by atoms with van der Waals surface area (Å²) in [6.07, 6.45) is 5.93. The first-order valence-electron chi connectivity index (χ1n) is 11.6. The van der Waals surface area contributed by atoms with Crippen molar-refractivity contribution in [1.29, 1.82) is 0 Å². The summed E-state index contributed by atoms with van der Waals surface area (Å²) >= 11 is 6.12. The largest absolute Gasteiger partial charge is 0.378 e. The van der Waals surface area contributed by atoms with Crippen LogP contribution in [0.25, 0.3) is 17.0 Å².